The number of nitrogens with zero attached hydrogens (tertiary/aromatic N) is 2. The van der Waals surface area contributed by atoms with Crippen LogP contribution in [0.5, 0.6) is 5.75 Å². The van der Waals surface area contributed by atoms with E-state index >= 15 is 0 Å². The number of hydrogen-bond donors (Lipinski definition) is 1. The lowest BCUT2D eigenvalue weighted by Crippen LogP contribution is -2.29. The van der Waals surface area contributed by atoms with Crippen LogP contribution < -0.4 is 10.5 Å². The first-order valence-corrected chi connectivity index (χ1v) is 6.91. The molecule has 3 rings (SSSR count). The van der Waals surface area contributed by atoms with Gasteiger partial charge in [-0.25, -0.2) is 0 Å². The van der Waals surface area contributed by atoms with Crippen LogP contribution in [-0.4, -0.2) is 16.0 Å². The van der Waals surface area contributed by atoms with Crippen molar-refractivity contribution in [2.24, 2.45) is 5.73 Å². The number of benzene rings is 1. The maximum Gasteiger partial charge on any atom is 0.139 e. The summed E-state index contributed by atoms with van der Waals surface area (Å²) in [5, 5.41) is 0.986. The fourth-order valence-electron chi connectivity index (χ4n) is 2.35. The molecule has 4 heteroatoms. The minimum Gasteiger partial charge on any atom is -0.483 e. The van der Waals surface area contributed by atoms with Crippen molar-refractivity contribution in [3.63, 3.8) is 0 Å². The Hall–Kier alpha value is -2.46. The summed E-state index contributed by atoms with van der Waals surface area (Å²) in [6, 6.07) is 13.5. The summed E-state index contributed by atoms with van der Waals surface area (Å²) in [6.45, 7) is 1.94. The van der Waals surface area contributed by atoms with E-state index in [0.717, 1.165) is 22.2 Å². The zero-order chi connectivity index (χ0) is 14.7. The molecular formula is C17H17N3O. The Morgan fingerprint density at radius 1 is 1.00 bits per heavy atom. The standard InChI is InChI=1S/C17H17N3O/c1-12(18)17(13-7-10-19-11-8-13)21-16-6-2-5-15-14(16)4-3-9-20-15/h2-12,17H,18H2,1H3. The summed E-state index contributed by atoms with van der Waals surface area (Å²) in [7, 11) is 0. The van der Waals surface area contributed by atoms with Gasteiger partial charge in [0.2, 0.25) is 0 Å². The molecule has 0 fully saturated rings. The largest absolute Gasteiger partial charge is 0.483 e. The molecule has 2 unspecified atom stereocenters. The second kappa shape index (κ2) is 5.89. The van der Waals surface area contributed by atoms with Gasteiger partial charge < -0.3 is 10.5 Å². The number of fused-ring (bicyclic) bond motifs is 1. The van der Waals surface area contributed by atoms with Crippen LogP contribution in [0, 0.1) is 0 Å². The van der Waals surface area contributed by atoms with Crippen LogP contribution in [0.25, 0.3) is 10.9 Å². The minimum absolute atomic E-state index is 0.140. The van der Waals surface area contributed by atoms with Gasteiger partial charge >= 0.3 is 0 Å². The van der Waals surface area contributed by atoms with E-state index in [0.29, 0.717) is 0 Å². The lowest BCUT2D eigenvalue weighted by atomic mass is 10.1. The van der Waals surface area contributed by atoms with Crippen molar-refractivity contribution in [3.05, 3.63) is 66.6 Å². The summed E-state index contributed by atoms with van der Waals surface area (Å²) in [5.74, 6) is 0.791. The van der Waals surface area contributed by atoms with E-state index in [9.17, 15) is 0 Å². The Balaban J connectivity index is 1.99. The third kappa shape index (κ3) is 2.85. The zero-order valence-electron chi connectivity index (χ0n) is 11.8. The molecule has 2 aromatic heterocycles. The highest BCUT2D eigenvalue weighted by Gasteiger charge is 2.19. The van der Waals surface area contributed by atoms with E-state index in [1.807, 2.05) is 49.4 Å². The molecule has 106 valence electrons. The lowest BCUT2D eigenvalue weighted by molar-refractivity contribution is 0.183. The van der Waals surface area contributed by atoms with Gasteiger partial charge in [0, 0.05) is 30.0 Å². The predicted octanol–water partition coefficient (Wildman–Crippen LogP) is 3.10. The Labute approximate surface area is 123 Å². The van der Waals surface area contributed by atoms with Gasteiger partial charge in [0.25, 0.3) is 0 Å². The fourth-order valence-corrected chi connectivity index (χ4v) is 2.35. The summed E-state index contributed by atoms with van der Waals surface area (Å²) < 4.78 is 6.18. The Morgan fingerprint density at radius 2 is 1.81 bits per heavy atom. The molecule has 0 spiro atoms. The molecule has 0 saturated heterocycles. The molecular weight excluding hydrogens is 262 g/mol. The van der Waals surface area contributed by atoms with E-state index in [4.69, 9.17) is 10.5 Å². The number of hydrogen-bond acceptors (Lipinski definition) is 4. The maximum absolute atomic E-state index is 6.18. The second-order valence-corrected chi connectivity index (χ2v) is 5.00. The zero-order valence-corrected chi connectivity index (χ0v) is 11.8. The van der Waals surface area contributed by atoms with E-state index < -0.39 is 0 Å². The Kier molecular flexibility index (Phi) is 3.79. The average Bonchev–Trinajstić information content (AvgIpc) is 2.53. The quantitative estimate of drug-likeness (QED) is 0.797. The molecule has 21 heavy (non-hydrogen) atoms. The molecule has 2 atom stereocenters. The van der Waals surface area contributed by atoms with Gasteiger partial charge in [-0.2, -0.15) is 0 Å². The van der Waals surface area contributed by atoms with Crippen molar-refractivity contribution >= 4 is 10.9 Å². The number of nitrogens with two attached hydrogens (primary N) is 1. The van der Waals surface area contributed by atoms with Crippen LogP contribution in [0.4, 0.5) is 0 Å². The molecule has 2 heterocycles. The van der Waals surface area contributed by atoms with Gasteiger partial charge in [-0.3, -0.25) is 9.97 Å². The maximum atomic E-state index is 6.18. The molecule has 3 aromatic rings. The Bertz CT molecular complexity index is 723. The monoisotopic (exact) mass is 279 g/mol. The highest BCUT2D eigenvalue weighted by Crippen LogP contribution is 2.29. The normalized spacial score (nSPS) is 13.8. The van der Waals surface area contributed by atoms with Crippen LogP contribution in [0.1, 0.15) is 18.6 Å². The van der Waals surface area contributed by atoms with E-state index in [1.165, 1.54) is 0 Å². The van der Waals surface area contributed by atoms with Gasteiger partial charge in [-0.05, 0) is 48.9 Å². The van der Waals surface area contributed by atoms with Crippen LogP contribution in [0.2, 0.25) is 0 Å². The molecule has 0 aliphatic rings. The smallest absolute Gasteiger partial charge is 0.139 e. The number of aromatic nitrogens is 2. The number of ether oxygens (including phenoxy) is 1. The third-order valence-corrected chi connectivity index (χ3v) is 3.37. The molecule has 0 aliphatic heterocycles. The first-order chi connectivity index (χ1) is 10.3. The van der Waals surface area contributed by atoms with Crippen molar-refractivity contribution in [2.45, 2.75) is 19.1 Å². The SMILES string of the molecule is CC(N)C(Oc1cccc2ncccc12)c1ccncc1. The highest BCUT2D eigenvalue weighted by molar-refractivity contribution is 5.84. The van der Waals surface area contributed by atoms with Crippen LogP contribution in [-0.2, 0) is 0 Å². The molecule has 4 nitrogen and oxygen atoms in total. The van der Waals surface area contributed by atoms with Crippen LogP contribution in [0.3, 0.4) is 0 Å². The van der Waals surface area contributed by atoms with Gasteiger partial charge in [0.1, 0.15) is 11.9 Å². The topological polar surface area (TPSA) is 61.0 Å². The number of rotatable bonds is 4. The molecule has 0 amide bonds. The van der Waals surface area contributed by atoms with Crippen molar-refractivity contribution in [3.8, 4) is 5.75 Å². The molecule has 2 N–H and O–H groups in total. The summed E-state index contributed by atoms with van der Waals surface area (Å²) >= 11 is 0. The van der Waals surface area contributed by atoms with Gasteiger partial charge in [0.15, 0.2) is 0 Å². The van der Waals surface area contributed by atoms with Crippen LogP contribution >= 0.6 is 0 Å². The van der Waals surface area contributed by atoms with Crippen molar-refractivity contribution < 1.29 is 4.74 Å². The van der Waals surface area contributed by atoms with Crippen LogP contribution in [0.15, 0.2) is 61.1 Å². The van der Waals surface area contributed by atoms with Gasteiger partial charge in [-0.1, -0.05) is 6.07 Å². The fraction of sp³-hybridized carbons (Fsp3) is 0.176. The second-order valence-electron chi connectivity index (χ2n) is 5.00. The van der Waals surface area contributed by atoms with E-state index in [2.05, 4.69) is 9.97 Å². The molecule has 0 radical (unpaired) electrons. The third-order valence-electron chi connectivity index (χ3n) is 3.37. The van der Waals surface area contributed by atoms with Gasteiger partial charge in [0.05, 0.1) is 5.52 Å². The Morgan fingerprint density at radius 3 is 2.57 bits per heavy atom. The summed E-state index contributed by atoms with van der Waals surface area (Å²) in [5.41, 5.74) is 8.02. The minimum atomic E-state index is -0.223. The van der Waals surface area contributed by atoms with Crippen molar-refractivity contribution in [1.82, 2.24) is 9.97 Å². The van der Waals surface area contributed by atoms with Gasteiger partial charge in [-0.15, -0.1) is 0 Å². The molecule has 0 bridgehead atoms. The van der Waals surface area contributed by atoms with Crippen molar-refractivity contribution in [2.75, 3.05) is 0 Å². The summed E-state index contributed by atoms with van der Waals surface area (Å²) in [6.07, 6.45) is 5.05. The van der Waals surface area contributed by atoms with Crippen molar-refractivity contribution in [1.29, 1.82) is 0 Å². The first kappa shape index (κ1) is 13.5. The molecule has 0 saturated carbocycles. The average molecular weight is 279 g/mol. The number of pyridine rings is 2. The summed E-state index contributed by atoms with van der Waals surface area (Å²) in [4.78, 5) is 8.38. The van der Waals surface area contributed by atoms with E-state index in [1.54, 1.807) is 18.6 Å². The van der Waals surface area contributed by atoms with E-state index in [-0.39, 0.29) is 12.1 Å². The molecule has 1 aromatic carbocycles. The first-order valence-electron chi connectivity index (χ1n) is 6.91. The highest BCUT2D eigenvalue weighted by atomic mass is 16.5. The lowest BCUT2D eigenvalue weighted by Gasteiger charge is -2.23. The molecule has 0 aliphatic carbocycles. The predicted molar refractivity (Wildman–Crippen MR) is 83.0 cm³/mol.